The van der Waals surface area contributed by atoms with Crippen LogP contribution in [-0.2, 0) is 30.2 Å². The maximum atomic E-state index is 17.1. The number of aromatic carboxylic acids is 2. The van der Waals surface area contributed by atoms with Crippen molar-refractivity contribution >= 4 is 119 Å². The highest BCUT2D eigenvalue weighted by Gasteiger charge is 3.04. The zero-order chi connectivity index (χ0) is 66.5. The van der Waals surface area contributed by atoms with E-state index in [-0.39, 0.29) is 62.3 Å². The number of aliphatic hydroxyl groups is 4. The molecule has 21 aliphatic carbocycles. The van der Waals surface area contributed by atoms with Crippen molar-refractivity contribution < 1.29 is 84.8 Å². The standard InChI is InChI=1S/C85H38O17/c86-33-8-7-23-56-41(33)20-4-3-19-38-22(75(92)93)6-5-21-43(38)52-50-42(19)44(20)60-55-54(50)66-68-69-64-48-26(73(91)32-14-30(70(21)88)57(52)83(66)81(32,64)101-83)9-17-2-1-16-10-28(76(94)95)39-24-15-34(87)40-29(77(96)97)12-18-11-25-46-53-47-27(71(25)89)13-31(72(23)90)80(82(56,60)100-80)63(47)62(55)78(68,98)67(53)74-79(99)58(46)37(18)49(40)45(24)61(79)65-51(39)35(16)36(17)59(48)84(65)85(69,74)102-84/h1-15,37,48,55,58,60-62,64-66,68-69,86-91,98-99H,(H,92,93)(H,94,95)(H,96,97). The monoisotopic (exact) mass is 1330 g/mol. The van der Waals surface area contributed by atoms with Gasteiger partial charge in [-0.25, -0.2) is 14.4 Å². The number of carboxylic acid groups (broad SMARTS) is 3. The zero-order valence-electron chi connectivity index (χ0n) is 52.0. The van der Waals surface area contributed by atoms with E-state index >= 15 is 10.2 Å². The molecule has 33 rings (SSSR count). The number of epoxide rings is 3. The lowest BCUT2D eigenvalue weighted by atomic mass is 9.25. The first-order chi connectivity index (χ1) is 49.3. The fourth-order valence-electron chi connectivity index (χ4n) is 31.8. The SMILES string of the molecule is O=C(O)C1=CC2=Cc3c4c5c6c(c3O)=CC3=C(O)c7ccc(O)c8c7C79OC37C=6C3C6C7=c%10c%11c(c-8ccc%11c8c(C(=O)O)ccc%11c(O)c%12c(c%10c%118)C8%10OC8%11C(=C%12)C(O)=C8C=c%12ccc%13cc(C(=O)O)c%14c%15c%13c%12=C%12C8C%11C8C(C7%10)C3(O)C5=C3C5(O)C4C2c2c1c(O)cc-%14c2C5C%15C%121OC381)C69. The molecule has 102 heavy (non-hydrogen) atoms. The van der Waals surface area contributed by atoms with Crippen LogP contribution in [0.2, 0.25) is 0 Å². The number of hydrogen-bond acceptors (Lipinski definition) is 14. The molecule has 9 aromatic carbocycles. The minimum atomic E-state index is -2.16. The average Bonchev–Trinajstić information content (AvgIpc) is 1.35. The molecule has 6 spiro atoms. The van der Waals surface area contributed by atoms with Crippen molar-refractivity contribution in [2.24, 2.45) is 41.4 Å². The van der Waals surface area contributed by atoms with Gasteiger partial charge in [0, 0.05) is 159 Å². The molecule has 0 amide bonds. The van der Waals surface area contributed by atoms with Crippen LogP contribution in [0, 0.1) is 41.4 Å². The first-order valence-electron chi connectivity index (χ1n) is 35.4. The molecule has 24 aliphatic rings. The summed E-state index contributed by atoms with van der Waals surface area (Å²) in [6.45, 7) is 0. The molecule has 20 unspecified atom stereocenters. The number of phenols is 4. The third kappa shape index (κ3) is 3.37. The lowest BCUT2D eigenvalue weighted by molar-refractivity contribution is -0.156. The molecule has 3 aliphatic heterocycles. The Hall–Kier alpha value is -11.1. The minimum absolute atomic E-state index is 0.0110. The number of ether oxygens (including phenoxy) is 3. The summed E-state index contributed by atoms with van der Waals surface area (Å²) in [6.07, 6.45) is 9.12. The van der Waals surface area contributed by atoms with Crippen molar-refractivity contribution in [3.63, 3.8) is 0 Å². The smallest absolute Gasteiger partial charge is 0.336 e. The Labute approximate surface area is 566 Å². The van der Waals surface area contributed by atoms with Gasteiger partial charge in [0.1, 0.15) is 73.7 Å². The molecule has 5 saturated carbocycles. The summed E-state index contributed by atoms with van der Waals surface area (Å²) in [5, 5.41) is 159. The van der Waals surface area contributed by atoms with E-state index in [1.807, 2.05) is 42.5 Å². The molecule has 8 fully saturated rings. The highest BCUT2D eigenvalue weighted by Crippen LogP contribution is 2.99. The largest absolute Gasteiger partial charge is 0.507 e. The molecule has 0 radical (unpaired) electrons. The summed E-state index contributed by atoms with van der Waals surface area (Å²) >= 11 is 0. The van der Waals surface area contributed by atoms with Crippen molar-refractivity contribution in [3.8, 4) is 45.3 Å². The number of aliphatic carboxylic acids is 1. The number of rotatable bonds is 3. The van der Waals surface area contributed by atoms with Gasteiger partial charge in [0.15, 0.2) is 5.60 Å². The van der Waals surface area contributed by atoms with E-state index in [1.54, 1.807) is 36.4 Å². The van der Waals surface area contributed by atoms with Gasteiger partial charge in [-0.15, -0.1) is 0 Å². The third-order valence-electron chi connectivity index (χ3n) is 33.0. The lowest BCUT2D eigenvalue weighted by Crippen LogP contribution is -2.82. The van der Waals surface area contributed by atoms with Crippen LogP contribution < -0.4 is 26.1 Å². The molecule has 480 valence electrons. The molecule has 17 heteroatoms. The summed E-state index contributed by atoms with van der Waals surface area (Å²) < 4.78 is 25.3. The number of aliphatic hydroxyl groups excluding tert-OH is 2. The minimum Gasteiger partial charge on any atom is -0.507 e. The summed E-state index contributed by atoms with van der Waals surface area (Å²) in [4.78, 5) is 43.1. The highest BCUT2D eigenvalue weighted by molar-refractivity contribution is 6.32. The van der Waals surface area contributed by atoms with Crippen molar-refractivity contribution in [1.29, 1.82) is 0 Å². The summed E-state index contributed by atoms with van der Waals surface area (Å²) in [7, 11) is 0. The molecule has 17 nitrogen and oxygen atoms in total. The summed E-state index contributed by atoms with van der Waals surface area (Å²) in [5.74, 6) is -15.7. The van der Waals surface area contributed by atoms with Gasteiger partial charge in [0.25, 0.3) is 0 Å². The van der Waals surface area contributed by atoms with Crippen molar-refractivity contribution in [2.45, 2.75) is 74.4 Å². The second kappa shape index (κ2) is 12.3. The molecule has 11 N–H and O–H groups in total. The number of aromatic hydroxyl groups is 4. The Kier molecular flexibility index (Phi) is 5.85. The van der Waals surface area contributed by atoms with Crippen molar-refractivity contribution in [3.05, 3.63) is 204 Å². The van der Waals surface area contributed by atoms with E-state index in [1.165, 1.54) is 12.1 Å². The second-order valence-electron chi connectivity index (χ2n) is 34.3. The number of benzene rings is 9. The zero-order valence-corrected chi connectivity index (χ0v) is 52.0. The van der Waals surface area contributed by atoms with Crippen LogP contribution in [0.1, 0.15) is 117 Å². The van der Waals surface area contributed by atoms with E-state index in [9.17, 15) is 60.3 Å². The van der Waals surface area contributed by atoms with Gasteiger partial charge in [-0.1, -0.05) is 29.8 Å². The molecule has 0 aromatic heterocycles. The maximum absolute atomic E-state index is 17.1. The van der Waals surface area contributed by atoms with Gasteiger partial charge >= 0.3 is 17.9 Å². The lowest BCUT2D eigenvalue weighted by Gasteiger charge is -2.76. The van der Waals surface area contributed by atoms with E-state index in [4.69, 9.17) is 14.2 Å². The number of allylic oxidation sites excluding steroid dienone is 3. The Morgan fingerprint density at radius 3 is 2.13 bits per heavy atom. The average molecular weight is 1330 g/mol. The van der Waals surface area contributed by atoms with Crippen LogP contribution in [-0.4, -0.2) is 108 Å². The van der Waals surface area contributed by atoms with Gasteiger partial charge < -0.3 is 70.4 Å². The maximum Gasteiger partial charge on any atom is 0.336 e. The van der Waals surface area contributed by atoms with Gasteiger partial charge in [0.05, 0.1) is 16.7 Å². The molecule has 3 saturated heterocycles. The van der Waals surface area contributed by atoms with Crippen LogP contribution in [0.15, 0.2) is 100 Å². The van der Waals surface area contributed by atoms with E-state index < -0.39 is 134 Å². The highest BCUT2D eigenvalue weighted by atomic mass is 16.7. The summed E-state index contributed by atoms with van der Waals surface area (Å²) in [5.41, 5.74) is -1.07. The van der Waals surface area contributed by atoms with Crippen LogP contribution >= 0.6 is 0 Å². The number of hydrogen-bond donors (Lipinski definition) is 11. The van der Waals surface area contributed by atoms with E-state index in [2.05, 4.69) is 0 Å². The van der Waals surface area contributed by atoms with Gasteiger partial charge in [-0.05, 0) is 181 Å². The third-order valence-corrected chi connectivity index (χ3v) is 33.0. The topological polar surface area (TPSA) is 311 Å². The molecule has 9 aromatic rings. The Balaban J connectivity index is 0.894. The Morgan fingerprint density at radius 1 is 0.471 bits per heavy atom. The molecule has 3 heterocycles. The first kappa shape index (κ1) is 48.7. The van der Waals surface area contributed by atoms with E-state index in [0.717, 1.165) is 43.1 Å². The molecular formula is C85H38O17. The molecule has 0 bridgehead atoms. The predicted molar refractivity (Wildman–Crippen MR) is 357 cm³/mol. The predicted octanol–water partition coefficient (Wildman–Crippen LogP) is 6.97. The summed E-state index contributed by atoms with van der Waals surface area (Å²) in [6, 6.07) is 17.5. The van der Waals surface area contributed by atoms with Crippen LogP contribution in [0.25, 0.3) is 123 Å². The van der Waals surface area contributed by atoms with Crippen LogP contribution in [0.4, 0.5) is 0 Å². The number of carbonyl (C=O) groups is 3. The van der Waals surface area contributed by atoms with Crippen molar-refractivity contribution in [1.82, 2.24) is 0 Å². The normalized spacial score (nSPS) is 41.3. The number of carboxylic acids is 3. The molecule has 20 atom stereocenters. The van der Waals surface area contributed by atoms with Crippen molar-refractivity contribution in [2.75, 3.05) is 0 Å². The first-order valence-corrected chi connectivity index (χ1v) is 35.4. The quantitative estimate of drug-likeness (QED) is 0.0483. The number of phenolic OH excluding ortho intramolecular Hbond substituents is 4. The van der Waals surface area contributed by atoms with E-state index in [0.29, 0.717) is 154 Å². The Bertz CT molecular complexity index is 7450. The Morgan fingerprint density at radius 2 is 1.29 bits per heavy atom. The fourth-order valence-corrected chi connectivity index (χ4v) is 31.8. The van der Waals surface area contributed by atoms with Gasteiger partial charge in [-0.3, -0.25) is 0 Å². The van der Waals surface area contributed by atoms with Crippen LogP contribution in [0.5, 0.6) is 23.0 Å². The second-order valence-corrected chi connectivity index (χ2v) is 34.3. The number of fused-ring (bicyclic) bond motifs is 3. The molecular weight excluding hydrogens is 1290 g/mol. The van der Waals surface area contributed by atoms with Gasteiger partial charge in [-0.2, -0.15) is 0 Å². The van der Waals surface area contributed by atoms with Crippen LogP contribution in [0.3, 0.4) is 0 Å². The van der Waals surface area contributed by atoms with Gasteiger partial charge in [0.2, 0.25) is 0 Å². The fraction of sp³-hybridized carbons (Fsp3) is 0.235.